The smallest absolute Gasteiger partial charge is 0.188 e. The van der Waals surface area contributed by atoms with E-state index in [0.717, 1.165) is 49.4 Å². The zero-order valence-electron chi connectivity index (χ0n) is 15.8. The third kappa shape index (κ3) is 2.08. The molecular weight excluding hydrogens is 370 g/mol. The molecule has 0 amide bonds. The molecule has 6 rings (SSSR count). The van der Waals surface area contributed by atoms with Gasteiger partial charge in [0.05, 0.1) is 40.3 Å². The second-order valence-corrected chi connectivity index (χ2v) is 7.21. The number of benzene rings is 4. The van der Waals surface area contributed by atoms with Crippen molar-refractivity contribution < 1.29 is 4.42 Å². The van der Waals surface area contributed by atoms with Gasteiger partial charge in [-0.15, -0.1) is 0 Å². The molecular formula is C26H13N3O. The lowest BCUT2D eigenvalue weighted by molar-refractivity contribution is 0.673. The monoisotopic (exact) mass is 383 g/mol. The fourth-order valence-corrected chi connectivity index (χ4v) is 4.37. The van der Waals surface area contributed by atoms with Gasteiger partial charge in [0.1, 0.15) is 11.2 Å². The molecule has 0 aliphatic heterocycles. The lowest BCUT2D eigenvalue weighted by Crippen LogP contribution is -1.97. The first-order valence-electron chi connectivity index (χ1n) is 9.55. The van der Waals surface area contributed by atoms with Crippen LogP contribution in [0.2, 0.25) is 0 Å². The largest absolute Gasteiger partial charge is 0.455 e. The summed E-state index contributed by atoms with van der Waals surface area (Å²) in [6.07, 6.45) is 0. The van der Waals surface area contributed by atoms with Crippen molar-refractivity contribution in [2.45, 2.75) is 0 Å². The summed E-state index contributed by atoms with van der Waals surface area (Å²) in [4.78, 5) is 3.47. The zero-order chi connectivity index (χ0) is 20.2. The van der Waals surface area contributed by atoms with Crippen LogP contribution in [0.1, 0.15) is 5.56 Å². The molecule has 0 radical (unpaired) electrons. The Morgan fingerprint density at radius 2 is 1.63 bits per heavy atom. The molecule has 0 atom stereocenters. The van der Waals surface area contributed by atoms with E-state index in [1.54, 1.807) is 12.1 Å². The van der Waals surface area contributed by atoms with Gasteiger partial charge >= 0.3 is 0 Å². The lowest BCUT2D eigenvalue weighted by atomic mass is 10.1. The van der Waals surface area contributed by atoms with E-state index in [1.165, 1.54) is 0 Å². The van der Waals surface area contributed by atoms with Gasteiger partial charge in [-0.3, -0.25) is 0 Å². The molecule has 4 heteroatoms. The van der Waals surface area contributed by atoms with Crippen LogP contribution in [-0.2, 0) is 0 Å². The highest BCUT2D eigenvalue weighted by Crippen LogP contribution is 2.40. The van der Waals surface area contributed by atoms with E-state index in [4.69, 9.17) is 11.0 Å². The molecule has 0 saturated heterocycles. The molecule has 4 nitrogen and oxygen atoms in total. The van der Waals surface area contributed by atoms with Crippen LogP contribution in [0.25, 0.3) is 54.3 Å². The van der Waals surface area contributed by atoms with Gasteiger partial charge in [0.2, 0.25) is 0 Å². The minimum absolute atomic E-state index is 0.454. The van der Waals surface area contributed by atoms with Crippen LogP contribution in [0.4, 0.5) is 5.69 Å². The van der Waals surface area contributed by atoms with Crippen LogP contribution < -0.4 is 0 Å². The van der Waals surface area contributed by atoms with E-state index in [1.807, 2.05) is 42.5 Å². The molecule has 0 aliphatic carbocycles. The molecule has 0 spiro atoms. The number of aromatic nitrogens is 1. The minimum Gasteiger partial charge on any atom is -0.455 e. The highest BCUT2D eigenvalue weighted by Gasteiger charge is 2.19. The van der Waals surface area contributed by atoms with Crippen LogP contribution in [0.5, 0.6) is 0 Å². The lowest BCUT2D eigenvalue weighted by Gasteiger charge is -2.10. The van der Waals surface area contributed by atoms with E-state index in [2.05, 4.69) is 39.7 Å². The molecule has 0 aliphatic rings. The Morgan fingerprint density at radius 1 is 0.833 bits per heavy atom. The molecule has 6 aromatic rings. The third-order valence-corrected chi connectivity index (χ3v) is 5.65. The van der Waals surface area contributed by atoms with Crippen molar-refractivity contribution in [3.05, 3.63) is 95.8 Å². The Bertz CT molecular complexity index is 1720. The first kappa shape index (κ1) is 16.4. The van der Waals surface area contributed by atoms with Gasteiger partial charge in [-0.1, -0.05) is 42.5 Å². The van der Waals surface area contributed by atoms with Gasteiger partial charge in [0.15, 0.2) is 5.69 Å². The molecule has 2 heterocycles. The molecule has 30 heavy (non-hydrogen) atoms. The minimum atomic E-state index is 0.454. The molecule has 0 bridgehead atoms. The number of nitrogens with zero attached hydrogens (tertiary/aromatic N) is 3. The molecule has 2 aromatic heterocycles. The fourth-order valence-electron chi connectivity index (χ4n) is 4.37. The van der Waals surface area contributed by atoms with Crippen molar-refractivity contribution in [2.24, 2.45) is 0 Å². The summed E-state index contributed by atoms with van der Waals surface area (Å²) >= 11 is 0. The number of nitriles is 1. The van der Waals surface area contributed by atoms with Crippen LogP contribution in [0, 0.1) is 17.9 Å². The second kappa shape index (κ2) is 5.98. The summed E-state index contributed by atoms with van der Waals surface area (Å²) in [6, 6.07) is 27.9. The van der Waals surface area contributed by atoms with E-state index in [-0.39, 0.29) is 0 Å². The van der Waals surface area contributed by atoms with E-state index in [9.17, 15) is 5.26 Å². The van der Waals surface area contributed by atoms with Crippen LogP contribution in [-0.4, -0.2) is 4.57 Å². The Labute approximate surface area is 171 Å². The van der Waals surface area contributed by atoms with E-state index < -0.39 is 0 Å². The highest BCUT2D eigenvalue weighted by atomic mass is 16.3. The molecule has 0 N–H and O–H groups in total. The number of rotatable bonds is 1. The van der Waals surface area contributed by atoms with Gasteiger partial charge in [-0.25, -0.2) is 4.85 Å². The Kier molecular flexibility index (Phi) is 3.27. The van der Waals surface area contributed by atoms with Crippen molar-refractivity contribution in [2.75, 3.05) is 0 Å². The topological polar surface area (TPSA) is 46.2 Å². The van der Waals surface area contributed by atoms with E-state index in [0.29, 0.717) is 11.3 Å². The number of hydrogen-bond donors (Lipinski definition) is 0. The standard InChI is InChI=1S/C26H13N3O/c1-28-17-10-12-21(16(14-17)15-27)29-22-8-4-2-7-20(22)25-23(29)13-11-19-18-6-3-5-9-24(18)30-26(19)25/h2-14H. The number of furan rings is 1. The third-order valence-electron chi connectivity index (χ3n) is 5.65. The van der Waals surface area contributed by atoms with Gasteiger partial charge in [0, 0.05) is 16.2 Å². The first-order valence-corrected chi connectivity index (χ1v) is 9.55. The van der Waals surface area contributed by atoms with E-state index >= 15 is 0 Å². The summed E-state index contributed by atoms with van der Waals surface area (Å²) in [6.45, 7) is 7.26. The van der Waals surface area contributed by atoms with Gasteiger partial charge < -0.3 is 8.98 Å². The summed E-state index contributed by atoms with van der Waals surface area (Å²) < 4.78 is 8.38. The number of hydrogen-bond acceptors (Lipinski definition) is 2. The number of para-hydroxylation sites is 2. The Morgan fingerprint density at radius 3 is 2.47 bits per heavy atom. The summed E-state index contributed by atoms with van der Waals surface area (Å²) in [5.41, 5.74) is 5.34. The van der Waals surface area contributed by atoms with Crippen molar-refractivity contribution in [3.8, 4) is 11.8 Å². The first-order chi connectivity index (χ1) is 14.8. The van der Waals surface area contributed by atoms with Gasteiger partial charge in [0.25, 0.3) is 0 Å². The number of fused-ring (bicyclic) bond motifs is 7. The molecule has 138 valence electrons. The molecule has 0 saturated carbocycles. The SMILES string of the molecule is [C-]#[N+]c1ccc(-n2c3ccccc3c3c4oc5ccccc5c4ccc32)c(C#N)c1. The Balaban J connectivity index is 1.83. The van der Waals surface area contributed by atoms with Crippen molar-refractivity contribution in [1.82, 2.24) is 4.57 Å². The predicted octanol–water partition coefficient (Wildman–Crippen LogP) is 7.11. The maximum atomic E-state index is 9.76. The second-order valence-electron chi connectivity index (χ2n) is 7.21. The average Bonchev–Trinajstić information content (AvgIpc) is 3.34. The normalized spacial score (nSPS) is 11.3. The summed E-state index contributed by atoms with van der Waals surface area (Å²) in [7, 11) is 0. The van der Waals surface area contributed by atoms with Crippen LogP contribution >= 0.6 is 0 Å². The predicted molar refractivity (Wildman–Crippen MR) is 119 cm³/mol. The van der Waals surface area contributed by atoms with Gasteiger partial charge in [-0.2, -0.15) is 5.26 Å². The van der Waals surface area contributed by atoms with Crippen LogP contribution in [0.15, 0.2) is 83.3 Å². The maximum Gasteiger partial charge on any atom is 0.188 e. The van der Waals surface area contributed by atoms with Crippen molar-refractivity contribution in [1.29, 1.82) is 5.26 Å². The fraction of sp³-hybridized carbons (Fsp3) is 0. The zero-order valence-corrected chi connectivity index (χ0v) is 15.8. The quantitative estimate of drug-likeness (QED) is 0.284. The molecule has 0 fully saturated rings. The summed E-state index contributed by atoms with van der Waals surface area (Å²) in [5, 5.41) is 14.0. The Hall–Kier alpha value is -4.54. The van der Waals surface area contributed by atoms with Crippen molar-refractivity contribution >= 4 is 49.4 Å². The van der Waals surface area contributed by atoms with Crippen molar-refractivity contribution in [3.63, 3.8) is 0 Å². The maximum absolute atomic E-state index is 9.76. The van der Waals surface area contributed by atoms with Crippen LogP contribution in [0.3, 0.4) is 0 Å². The average molecular weight is 383 g/mol. The molecule has 0 unspecified atom stereocenters. The molecule has 4 aromatic carbocycles. The van der Waals surface area contributed by atoms with Gasteiger partial charge in [-0.05, 0) is 36.4 Å². The highest BCUT2D eigenvalue weighted by molar-refractivity contribution is 6.23. The summed E-state index contributed by atoms with van der Waals surface area (Å²) in [5.74, 6) is 0.